The van der Waals surface area contributed by atoms with Crippen molar-refractivity contribution in [2.45, 2.75) is 33.2 Å². The maximum absolute atomic E-state index is 10.3. The zero-order valence-corrected chi connectivity index (χ0v) is 14.7. The fourth-order valence-corrected chi connectivity index (χ4v) is 3.31. The van der Waals surface area contributed by atoms with Gasteiger partial charge in [0.2, 0.25) is 5.95 Å². The van der Waals surface area contributed by atoms with E-state index >= 15 is 0 Å². The Morgan fingerprint density at radius 2 is 1.75 bits per heavy atom. The van der Waals surface area contributed by atoms with Crippen LogP contribution >= 0.6 is 0 Å². The van der Waals surface area contributed by atoms with Gasteiger partial charge in [0.1, 0.15) is 5.75 Å². The third-order valence-corrected chi connectivity index (χ3v) is 4.69. The maximum Gasteiger partial charge on any atom is 0.225 e. The highest BCUT2D eigenvalue weighted by Gasteiger charge is 2.20. The lowest BCUT2D eigenvalue weighted by Gasteiger charge is -2.34. The molecule has 0 spiro atoms. The number of anilines is 1. The minimum absolute atomic E-state index is 0.408. The van der Waals surface area contributed by atoms with Gasteiger partial charge in [-0.2, -0.15) is 0 Å². The number of phenols is 1. The van der Waals surface area contributed by atoms with Crippen LogP contribution in [-0.2, 0) is 6.54 Å². The van der Waals surface area contributed by atoms with E-state index in [-0.39, 0.29) is 0 Å². The molecule has 1 aliphatic rings. The summed E-state index contributed by atoms with van der Waals surface area (Å²) in [6.45, 7) is 11.0. The average molecular weight is 326 g/mol. The van der Waals surface area contributed by atoms with Gasteiger partial charge in [0, 0.05) is 50.7 Å². The highest BCUT2D eigenvalue weighted by molar-refractivity contribution is 5.42. The van der Waals surface area contributed by atoms with Crippen LogP contribution < -0.4 is 4.90 Å². The van der Waals surface area contributed by atoms with Gasteiger partial charge in [0.25, 0.3) is 0 Å². The van der Waals surface area contributed by atoms with Crippen molar-refractivity contribution in [2.75, 3.05) is 31.1 Å². The Bertz CT molecular complexity index is 679. The molecule has 1 aromatic heterocycles. The van der Waals surface area contributed by atoms with Crippen LogP contribution in [0.3, 0.4) is 0 Å². The van der Waals surface area contributed by atoms with Crippen LogP contribution in [-0.4, -0.2) is 46.2 Å². The van der Waals surface area contributed by atoms with Crippen molar-refractivity contribution in [3.8, 4) is 5.75 Å². The number of benzene rings is 1. The Balaban J connectivity index is 1.65. The number of aromatic hydroxyl groups is 1. The van der Waals surface area contributed by atoms with Gasteiger partial charge in [-0.3, -0.25) is 4.90 Å². The first-order valence-corrected chi connectivity index (χ1v) is 8.61. The van der Waals surface area contributed by atoms with Gasteiger partial charge in [0.15, 0.2) is 0 Å². The number of hydrogen-bond donors (Lipinski definition) is 1. The van der Waals surface area contributed by atoms with E-state index in [0.717, 1.165) is 49.8 Å². The Kier molecular flexibility index (Phi) is 5.00. The summed E-state index contributed by atoms with van der Waals surface area (Å²) in [5.74, 6) is 1.68. The van der Waals surface area contributed by atoms with Crippen LogP contribution in [0, 0.1) is 6.92 Å². The van der Waals surface area contributed by atoms with Gasteiger partial charge in [-0.05, 0) is 36.1 Å². The second kappa shape index (κ2) is 7.18. The molecule has 1 fully saturated rings. The second-order valence-electron chi connectivity index (χ2n) is 6.80. The number of aryl methyl sites for hydroxylation is 1. The largest absolute Gasteiger partial charge is 0.508 e. The molecule has 1 N–H and O–H groups in total. The summed E-state index contributed by atoms with van der Waals surface area (Å²) < 4.78 is 0. The molecule has 1 saturated heterocycles. The van der Waals surface area contributed by atoms with Crippen molar-refractivity contribution >= 4 is 5.95 Å². The maximum atomic E-state index is 10.3. The molecule has 0 bridgehead atoms. The van der Waals surface area contributed by atoms with Crippen molar-refractivity contribution in [1.29, 1.82) is 0 Å². The number of piperazine rings is 1. The molecule has 0 radical (unpaired) electrons. The van der Waals surface area contributed by atoms with Crippen LogP contribution in [0.15, 0.2) is 30.6 Å². The SMILES string of the molecule is Cc1cc(O)c(CN2CCN(c3ncccn3)CC2)cc1C(C)C. The molecule has 2 heterocycles. The molecule has 5 heteroatoms. The molecular weight excluding hydrogens is 300 g/mol. The van der Waals surface area contributed by atoms with Crippen molar-refractivity contribution < 1.29 is 5.11 Å². The molecule has 1 aliphatic heterocycles. The lowest BCUT2D eigenvalue weighted by Crippen LogP contribution is -2.46. The predicted molar refractivity (Wildman–Crippen MR) is 96.5 cm³/mol. The lowest BCUT2D eigenvalue weighted by atomic mass is 9.95. The minimum atomic E-state index is 0.408. The van der Waals surface area contributed by atoms with E-state index in [1.165, 1.54) is 5.56 Å². The van der Waals surface area contributed by atoms with Crippen LogP contribution in [0.1, 0.15) is 36.5 Å². The normalized spacial score (nSPS) is 15.9. The molecule has 0 atom stereocenters. The summed E-state index contributed by atoms with van der Waals surface area (Å²) in [7, 11) is 0. The number of nitrogens with zero attached hydrogens (tertiary/aromatic N) is 4. The molecule has 0 aliphatic carbocycles. The number of aromatic nitrogens is 2. The summed E-state index contributed by atoms with van der Waals surface area (Å²) in [5.41, 5.74) is 3.50. The molecule has 0 unspecified atom stereocenters. The predicted octanol–water partition coefficient (Wildman–Crippen LogP) is 2.94. The van der Waals surface area contributed by atoms with Gasteiger partial charge in [-0.15, -0.1) is 0 Å². The van der Waals surface area contributed by atoms with Crippen molar-refractivity contribution in [3.05, 3.63) is 47.3 Å². The molecule has 0 amide bonds. The van der Waals surface area contributed by atoms with E-state index in [1.54, 1.807) is 12.4 Å². The molecular formula is C19H26N4O. The van der Waals surface area contributed by atoms with E-state index in [9.17, 15) is 5.11 Å². The highest BCUT2D eigenvalue weighted by Crippen LogP contribution is 2.28. The zero-order valence-electron chi connectivity index (χ0n) is 14.7. The monoisotopic (exact) mass is 326 g/mol. The average Bonchev–Trinajstić information content (AvgIpc) is 2.58. The Morgan fingerprint density at radius 3 is 2.38 bits per heavy atom. The van der Waals surface area contributed by atoms with Crippen LogP contribution in [0.5, 0.6) is 5.75 Å². The third kappa shape index (κ3) is 3.67. The number of phenolic OH excluding ortho intramolecular Hbond substituents is 1. The molecule has 3 rings (SSSR count). The van der Waals surface area contributed by atoms with Crippen LogP contribution in [0.2, 0.25) is 0 Å². The lowest BCUT2D eigenvalue weighted by molar-refractivity contribution is 0.245. The Morgan fingerprint density at radius 1 is 1.08 bits per heavy atom. The topological polar surface area (TPSA) is 52.5 Å². The van der Waals surface area contributed by atoms with E-state index in [2.05, 4.69) is 46.6 Å². The van der Waals surface area contributed by atoms with E-state index in [0.29, 0.717) is 11.7 Å². The standard InChI is InChI=1S/C19H26N4O/c1-14(2)17-12-16(18(24)11-15(17)3)13-22-7-9-23(10-8-22)19-20-5-4-6-21-19/h4-6,11-12,14,24H,7-10,13H2,1-3H3. The summed E-state index contributed by atoms with van der Waals surface area (Å²) in [6, 6.07) is 5.91. The number of rotatable bonds is 4. The van der Waals surface area contributed by atoms with Gasteiger partial charge in [-0.25, -0.2) is 9.97 Å². The Labute approximate surface area is 144 Å². The molecule has 1 aromatic carbocycles. The fraction of sp³-hybridized carbons (Fsp3) is 0.474. The zero-order chi connectivity index (χ0) is 17.1. The summed E-state index contributed by atoms with van der Waals surface area (Å²) >= 11 is 0. The van der Waals surface area contributed by atoms with Gasteiger partial charge < -0.3 is 10.0 Å². The molecule has 0 saturated carbocycles. The third-order valence-electron chi connectivity index (χ3n) is 4.69. The quantitative estimate of drug-likeness (QED) is 0.936. The first kappa shape index (κ1) is 16.7. The molecule has 128 valence electrons. The van der Waals surface area contributed by atoms with E-state index < -0.39 is 0 Å². The first-order valence-electron chi connectivity index (χ1n) is 8.61. The van der Waals surface area contributed by atoms with Gasteiger partial charge >= 0.3 is 0 Å². The summed E-state index contributed by atoms with van der Waals surface area (Å²) in [6.07, 6.45) is 3.57. The van der Waals surface area contributed by atoms with Gasteiger partial charge in [0.05, 0.1) is 0 Å². The van der Waals surface area contributed by atoms with Crippen molar-refractivity contribution in [3.63, 3.8) is 0 Å². The first-order chi connectivity index (χ1) is 11.5. The Hall–Kier alpha value is -2.14. The number of hydrogen-bond acceptors (Lipinski definition) is 5. The van der Waals surface area contributed by atoms with Crippen LogP contribution in [0.4, 0.5) is 5.95 Å². The minimum Gasteiger partial charge on any atom is -0.508 e. The van der Waals surface area contributed by atoms with Crippen molar-refractivity contribution in [2.24, 2.45) is 0 Å². The molecule has 5 nitrogen and oxygen atoms in total. The van der Waals surface area contributed by atoms with E-state index in [1.807, 2.05) is 12.1 Å². The highest BCUT2D eigenvalue weighted by atomic mass is 16.3. The smallest absolute Gasteiger partial charge is 0.225 e. The molecule has 24 heavy (non-hydrogen) atoms. The van der Waals surface area contributed by atoms with Crippen molar-refractivity contribution in [1.82, 2.24) is 14.9 Å². The fourth-order valence-electron chi connectivity index (χ4n) is 3.31. The van der Waals surface area contributed by atoms with Crippen LogP contribution in [0.25, 0.3) is 0 Å². The van der Waals surface area contributed by atoms with Gasteiger partial charge in [-0.1, -0.05) is 19.9 Å². The summed E-state index contributed by atoms with van der Waals surface area (Å²) in [4.78, 5) is 13.2. The summed E-state index contributed by atoms with van der Waals surface area (Å²) in [5, 5.41) is 10.3. The van der Waals surface area contributed by atoms with E-state index in [4.69, 9.17) is 0 Å². The second-order valence-corrected chi connectivity index (χ2v) is 6.80. The molecule has 2 aromatic rings.